The molecule has 2 aromatic rings. The highest BCUT2D eigenvalue weighted by Crippen LogP contribution is 2.22. The number of rotatable bonds is 5. The topological polar surface area (TPSA) is 43.8 Å². The third kappa shape index (κ3) is 4.97. The molecule has 1 saturated heterocycles. The summed E-state index contributed by atoms with van der Waals surface area (Å²) in [5.41, 5.74) is 2.52. The first-order valence-corrected chi connectivity index (χ1v) is 10.1. The Morgan fingerprint density at radius 2 is 2.00 bits per heavy atom. The lowest BCUT2D eigenvalue weighted by molar-refractivity contribution is 0.259. The number of thiazole rings is 1. The molecule has 1 aromatic carbocycles. The number of piperidine rings is 1. The van der Waals surface area contributed by atoms with Crippen molar-refractivity contribution in [1.29, 1.82) is 0 Å². The van der Waals surface area contributed by atoms with Crippen LogP contribution in [-0.2, 0) is 13.0 Å². The van der Waals surface area contributed by atoms with Crippen LogP contribution in [0.4, 0.5) is 5.13 Å². The van der Waals surface area contributed by atoms with Crippen LogP contribution in [0, 0.1) is 5.92 Å². The van der Waals surface area contributed by atoms with Crippen molar-refractivity contribution < 1.29 is 0 Å². The van der Waals surface area contributed by atoms with Crippen LogP contribution in [0.25, 0.3) is 0 Å². The molecule has 0 bridgehead atoms. The maximum Gasteiger partial charge on any atom is 0.193 e. The van der Waals surface area contributed by atoms with Gasteiger partial charge in [0.2, 0.25) is 0 Å². The lowest BCUT2D eigenvalue weighted by atomic mass is 9.90. The van der Waals surface area contributed by atoms with Gasteiger partial charge in [-0.15, -0.1) is 11.3 Å². The summed E-state index contributed by atoms with van der Waals surface area (Å²) in [5, 5.41) is 6.63. The summed E-state index contributed by atoms with van der Waals surface area (Å²) in [4.78, 5) is 13.5. The van der Waals surface area contributed by atoms with E-state index in [1.807, 2.05) is 26.0 Å². The zero-order chi connectivity index (χ0) is 18.4. The van der Waals surface area contributed by atoms with Gasteiger partial charge in [-0.2, -0.15) is 0 Å². The van der Waals surface area contributed by atoms with Crippen molar-refractivity contribution >= 4 is 22.4 Å². The third-order valence-corrected chi connectivity index (χ3v) is 5.90. The number of aliphatic imine (C=N–C) groups is 1. The van der Waals surface area contributed by atoms with Crippen molar-refractivity contribution in [1.82, 2.24) is 15.2 Å². The molecule has 0 spiro atoms. The number of likely N-dealkylation sites (tertiary alicyclic amines) is 1. The summed E-state index contributed by atoms with van der Waals surface area (Å²) < 4.78 is 0. The molecule has 0 radical (unpaired) electrons. The summed E-state index contributed by atoms with van der Waals surface area (Å²) >= 11 is 1.67. The number of nitrogens with zero attached hydrogens (tertiary/aromatic N) is 4. The van der Waals surface area contributed by atoms with Crippen LogP contribution < -0.4 is 10.2 Å². The van der Waals surface area contributed by atoms with Crippen molar-refractivity contribution in [3.05, 3.63) is 47.0 Å². The molecule has 26 heavy (non-hydrogen) atoms. The normalized spacial score (nSPS) is 16.0. The fourth-order valence-corrected chi connectivity index (χ4v) is 4.14. The number of benzene rings is 1. The molecule has 0 saturated carbocycles. The molecule has 0 atom stereocenters. The van der Waals surface area contributed by atoms with Crippen LogP contribution in [0.1, 0.15) is 24.1 Å². The Morgan fingerprint density at radius 3 is 2.62 bits per heavy atom. The van der Waals surface area contributed by atoms with Crippen molar-refractivity contribution in [2.75, 3.05) is 39.1 Å². The van der Waals surface area contributed by atoms with Gasteiger partial charge in [0.25, 0.3) is 0 Å². The van der Waals surface area contributed by atoms with Crippen molar-refractivity contribution in [2.24, 2.45) is 10.9 Å². The fourth-order valence-electron chi connectivity index (χ4n) is 3.38. The Balaban J connectivity index is 1.47. The van der Waals surface area contributed by atoms with Gasteiger partial charge in [0, 0.05) is 39.6 Å². The first-order chi connectivity index (χ1) is 12.7. The zero-order valence-corrected chi connectivity index (χ0v) is 16.8. The first-order valence-electron chi connectivity index (χ1n) is 9.27. The number of nitrogens with one attached hydrogen (secondary N) is 1. The van der Waals surface area contributed by atoms with Gasteiger partial charge >= 0.3 is 0 Å². The maximum atomic E-state index is 4.63. The molecule has 1 N–H and O–H groups in total. The number of hydrogen-bond donors (Lipinski definition) is 1. The van der Waals surface area contributed by atoms with Gasteiger partial charge in [-0.25, -0.2) is 4.98 Å². The number of anilines is 1. The molecular formula is C20H29N5S. The predicted octanol–water partition coefficient (Wildman–Crippen LogP) is 3.24. The second kappa shape index (κ2) is 9.03. The van der Waals surface area contributed by atoms with Crippen molar-refractivity contribution in [3.8, 4) is 0 Å². The summed E-state index contributed by atoms with van der Waals surface area (Å²) in [6.07, 6.45) is 3.63. The molecule has 1 fully saturated rings. The molecule has 3 rings (SSSR count). The summed E-state index contributed by atoms with van der Waals surface area (Å²) in [6, 6.07) is 10.8. The van der Waals surface area contributed by atoms with E-state index in [2.05, 4.69) is 55.9 Å². The van der Waals surface area contributed by atoms with Gasteiger partial charge in [-0.1, -0.05) is 30.3 Å². The molecule has 0 amide bonds. The van der Waals surface area contributed by atoms with Gasteiger partial charge in [-0.05, 0) is 30.7 Å². The SMILES string of the molecule is CN=C(NCc1csc(N(C)C)n1)N1CCC(Cc2ccccc2)CC1. The molecule has 5 nitrogen and oxygen atoms in total. The largest absolute Gasteiger partial charge is 0.354 e. The molecule has 1 aliphatic heterocycles. The Labute approximate surface area is 160 Å². The molecule has 1 aromatic heterocycles. The average molecular weight is 372 g/mol. The third-order valence-electron chi connectivity index (χ3n) is 4.84. The van der Waals surface area contributed by atoms with E-state index in [0.717, 1.165) is 42.3 Å². The number of guanidine groups is 1. The van der Waals surface area contributed by atoms with E-state index in [1.54, 1.807) is 11.3 Å². The zero-order valence-electron chi connectivity index (χ0n) is 16.0. The van der Waals surface area contributed by atoms with Gasteiger partial charge in [0.1, 0.15) is 0 Å². The van der Waals surface area contributed by atoms with Crippen LogP contribution in [0.2, 0.25) is 0 Å². The van der Waals surface area contributed by atoms with Gasteiger partial charge < -0.3 is 15.1 Å². The van der Waals surface area contributed by atoms with E-state index < -0.39 is 0 Å². The Kier molecular flexibility index (Phi) is 6.50. The fraction of sp³-hybridized carbons (Fsp3) is 0.500. The number of aromatic nitrogens is 1. The highest BCUT2D eigenvalue weighted by molar-refractivity contribution is 7.13. The molecule has 140 valence electrons. The lowest BCUT2D eigenvalue weighted by Crippen LogP contribution is -2.45. The van der Waals surface area contributed by atoms with E-state index in [4.69, 9.17) is 0 Å². The monoisotopic (exact) mass is 371 g/mol. The lowest BCUT2D eigenvalue weighted by Gasteiger charge is -2.34. The highest BCUT2D eigenvalue weighted by atomic mass is 32.1. The second-order valence-electron chi connectivity index (χ2n) is 7.04. The average Bonchev–Trinajstić information content (AvgIpc) is 3.14. The van der Waals surface area contributed by atoms with E-state index in [-0.39, 0.29) is 0 Å². The minimum atomic E-state index is 0.723. The predicted molar refractivity (Wildman–Crippen MR) is 111 cm³/mol. The van der Waals surface area contributed by atoms with Crippen LogP contribution in [-0.4, -0.2) is 50.1 Å². The van der Waals surface area contributed by atoms with Crippen molar-refractivity contribution in [2.45, 2.75) is 25.8 Å². The van der Waals surface area contributed by atoms with E-state index >= 15 is 0 Å². The minimum absolute atomic E-state index is 0.723. The molecule has 1 aliphatic rings. The second-order valence-corrected chi connectivity index (χ2v) is 7.87. The van der Waals surface area contributed by atoms with Crippen molar-refractivity contribution in [3.63, 3.8) is 0 Å². The van der Waals surface area contributed by atoms with E-state index in [1.165, 1.54) is 24.8 Å². The Hall–Kier alpha value is -2.08. The number of hydrogen-bond acceptors (Lipinski definition) is 4. The molecular weight excluding hydrogens is 342 g/mol. The first kappa shape index (κ1) is 18.7. The summed E-state index contributed by atoms with van der Waals surface area (Å²) in [7, 11) is 5.91. The standard InChI is InChI=1S/C20H29N5S/c1-21-19(22-14-18-15-26-20(23-18)24(2)3)25-11-9-17(10-12-25)13-16-7-5-4-6-8-16/h4-8,15,17H,9-14H2,1-3H3,(H,21,22). The van der Waals surface area contributed by atoms with Crippen LogP contribution in [0.15, 0.2) is 40.7 Å². The highest BCUT2D eigenvalue weighted by Gasteiger charge is 2.21. The molecule has 6 heteroatoms. The molecule has 0 aliphatic carbocycles. The van der Waals surface area contributed by atoms with Crippen LogP contribution in [0.3, 0.4) is 0 Å². The van der Waals surface area contributed by atoms with Gasteiger partial charge in [0.05, 0.1) is 12.2 Å². The van der Waals surface area contributed by atoms with E-state index in [9.17, 15) is 0 Å². The van der Waals surface area contributed by atoms with Gasteiger partial charge in [0.15, 0.2) is 11.1 Å². The maximum absolute atomic E-state index is 4.63. The van der Waals surface area contributed by atoms with Gasteiger partial charge in [-0.3, -0.25) is 4.99 Å². The summed E-state index contributed by atoms with van der Waals surface area (Å²) in [5.74, 6) is 1.76. The Morgan fingerprint density at radius 1 is 1.27 bits per heavy atom. The Bertz CT molecular complexity index is 702. The molecule has 2 heterocycles. The minimum Gasteiger partial charge on any atom is -0.354 e. The van der Waals surface area contributed by atoms with Crippen LogP contribution in [0.5, 0.6) is 0 Å². The quantitative estimate of drug-likeness (QED) is 0.647. The smallest absolute Gasteiger partial charge is 0.193 e. The summed E-state index contributed by atoms with van der Waals surface area (Å²) in [6.45, 7) is 2.86. The van der Waals surface area contributed by atoms with Crippen LogP contribution >= 0.6 is 11.3 Å². The molecule has 0 unspecified atom stereocenters. The van der Waals surface area contributed by atoms with E-state index in [0.29, 0.717) is 0 Å².